The average Bonchev–Trinajstić information content (AvgIpc) is 2.26. The molecule has 0 aromatic carbocycles. The third kappa shape index (κ3) is 14.1. The van der Waals surface area contributed by atoms with Gasteiger partial charge in [0.15, 0.2) is 0 Å². The molecule has 0 amide bonds. The van der Waals surface area contributed by atoms with E-state index in [9.17, 15) is 8.42 Å². The molecule has 3 nitrogen and oxygen atoms in total. The number of sulfonamides is 1. The van der Waals surface area contributed by atoms with Crippen LogP contribution in [-0.2, 0) is 10.0 Å². The van der Waals surface area contributed by atoms with E-state index in [1.807, 2.05) is 0 Å². The summed E-state index contributed by atoms with van der Waals surface area (Å²) in [4.78, 5) is 0. The molecule has 4 heteroatoms. The molecular weight excluding hydrogens is 258 g/mol. The third-order valence-electron chi connectivity index (χ3n) is 3.60. The van der Waals surface area contributed by atoms with Crippen LogP contribution in [0.15, 0.2) is 0 Å². The Morgan fingerprint density at radius 1 is 0.895 bits per heavy atom. The Labute approximate surface area is 120 Å². The number of hydrogen-bond donors (Lipinski definition) is 1. The summed E-state index contributed by atoms with van der Waals surface area (Å²) in [6.45, 7) is 7.48. The maximum atomic E-state index is 10.9. The first-order valence-electron chi connectivity index (χ1n) is 7.71. The molecule has 0 rings (SSSR count). The van der Waals surface area contributed by atoms with E-state index in [1.54, 1.807) is 0 Å². The first-order valence-corrected chi connectivity index (χ1v) is 9.60. The smallest absolute Gasteiger partial charge is 0.208 e. The highest BCUT2D eigenvalue weighted by Gasteiger charge is 2.16. The predicted octanol–water partition coefficient (Wildman–Crippen LogP) is 4.09. The van der Waals surface area contributed by atoms with Crippen LogP contribution >= 0.6 is 0 Å². The van der Waals surface area contributed by atoms with Crippen molar-refractivity contribution in [2.75, 3.05) is 12.8 Å². The van der Waals surface area contributed by atoms with Crippen LogP contribution in [0.4, 0.5) is 0 Å². The molecule has 0 aromatic heterocycles. The van der Waals surface area contributed by atoms with E-state index in [0.717, 1.165) is 12.8 Å². The van der Waals surface area contributed by atoms with E-state index in [0.29, 0.717) is 12.0 Å². The number of unbranched alkanes of at least 4 members (excludes halogenated alkanes) is 5. The molecule has 0 unspecified atom stereocenters. The highest BCUT2D eigenvalue weighted by atomic mass is 32.2. The van der Waals surface area contributed by atoms with Gasteiger partial charge in [0.05, 0.1) is 6.26 Å². The van der Waals surface area contributed by atoms with Crippen LogP contribution in [0, 0.1) is 5.41 Å². The molecule has 0 atom stereocenters. The number of rotatable bonds is 12. The summed E-state index contributed by atoms with van der Waals surface area (Å²) in [5.41, 5.74) is 0.400. The summed E-state index contributed by atoms with van der Waals surface area (Å²) in [6.07, 6.45) is 12.4. The average molecular weight is 292 g/mol. The normalized spacial score (nSPS) is 12.8. The molecule has 0 fully saturated rings. The molecule has 1 N–H and O–H groups in total. The van der Waals surface area contributed by atoms with E-state index in [4.69, 9.17) is 0 Å². The molecular formula is C15H33NO2S. The van der Waals surface area contributed by atoms with Crippen molar-refractivity contribution in [3.63, 3.8) is 0 Å². The van der Waals surface area contributed by atoms with Crippen LogP contribution in [0.25, 0.3) is 0 Å². The van der Waals surface area contributed by atoms with Gasteiger partial charge < -0.3 is 0 Å². The lowest BCUT2D eigenvalue weighted by molar-refractivity contribution is 0.284. The molecule has 0 heterocycles. The van der Waals surface area contributed by atoms with Gasteiger partial charge in [-0.1, -0.05) is 59.3 Å². The quantitative estimate of drug-likeness (QED) is 0.550. The Morgan fingerprint density at radius 3 is 1.95 bits per heavy atom. The highest BCUT2D eigenvalue weighted by molar-refractivity contribution is 7.88. The van der Waals surface area contributed by atoms with Gasteiger partial charge in [0.2, 0.25) is 10.0 Å². The zero-order valence-electron chi connectivity index (χ0n) is 13.3. The van der Waals surface area contributed by atoms with Gasteiger partial charge in [-0.25, -0.2) is 13.1 Å². The van der Waals surface area contributed by atoms with Gasteiger partial charge >= 0.3 is 0 Å². The minimum atomic E-state index is -3.01. The van der Waals surface area contributed by atoms with Crippen molar-refractivity contribution in [3.8, 4) is 0 Å². The molecule has 0 aromatic rings. The van der Waals surface area contributed by atoms with E-state index in [2.05, 4.69) is 25.5 Å². The lowest BCUT2D eigenvalue weighted by Crippen LogP contribution is -2.23. The van der Waals surface area contributed by atoms with Gasteiger partial charge in [0.1, 0.15) is 0 Å². The molecule has 0 spiro atoms. The van der Waals surface area contributed by atoms with Gasteiger partial charge in [0, 0.05) is 6.54 Å². The molecule has 116 valence electrons. The molecule has 0 bridgehead atoms. The lowest BCUT2D eigenvalue weighted by Gasteiger charge is -2.24. The first-order chi connectivity index (χ1) is 8.77. The third-order valence-corrected chi connectivity index (χ3v) is 4.33. The van der Waals surface area contributed by atoms with Crippen molar-refractivity contribution in [2.24, 2.45) is 5.41 Å². The Morgan fingerprint density at radius 2 is 1.42 bits per heavy atom. The Hall–Kier alpha value is -0.0900. The number of nitrogens with one attached hydrogen (secondary N) is 1. The van der Waals surface area contributed by atoms with Gasteiger partial charge in [-0.15, -0.1) is 0 Å². The fourth-order valence-corrected chi connectivity index (χ4v) is 2.83. The standard InChI is InChI=1S/C15H33NO2S/c1-5-6-7-8-9-12-15(2,3)13-10-11-14-16-19(4,17)18/h16H,5-14H2,1-4H3. The highest BCUT2D eigenvalue weighted by Crippen LogP contribution is 2.29. The fourth-order valence-electron chi connectivity index (χ4n) is 2.32. The maximum Gasteiger partial charge on any atom is 0.208 e. The molecule has 0 aliphatic carbocycles. The van der Waals surface area contributed by atoms with Crippen molar-refractivity contribution >= 4 is 10.0 Å². The van der Waals surface area contributed by atoms with Crippen LogP contribution in [0.3, 0.4) is 0 Å². The molecule has 0 radical (unpaired) electrons. The predicted molar refractivity (Wildman–Crippen MR) is 83.9 cm³/mol. The molecule has 19 heavy (non-hydrogen) atoms. The van der Waals surface area contributed by atoms with Crippen LogP contribution in [0.1, 0.15) is 78.6 Å². The maximum absolute atomic E-state index is 10.9. The van der Waals surface area contributed by atoms with E-state index >= 15 is 0 Å². The second-order valence-electron chi connectivity index (χ2n) is 6.45. The van der Waals surface area contributed by atoms with E-state index in [-0.39, 0.29) is 0 Å². The van der Waals surface area contributed by atoms with Crippen molar-refractivity contribution in [3.05, 3.63) is 0 Å². The topological polar surface area (TPSA) is 46.2 Å². The SMILES string of the molecule is CCCCCCCC(C)(C)CCCCNS(C)(=O)=O. The zero-order valence-corrected chi connectivity index (χ0v) is 14.1. The summed E-state index contributed by atoms with van der Waals surface area (Å²) in [7, 11) is -3.01. The van der Waals surface area contributed by atoms with Gasteiger partial charge in [-0.2, -0.15) is 0 Å². The van der Waals surface area contributed by atoms with E-state index in [1.165, 1.54) is 51.2 Å². The minimum Gasteiger partial charge on any atom is -0.215 e. The number of hydrogen-bond acceptors (Lipinski definition) is 2. The molecule has 0 saturated carbocycles. The van der Waals surface area contributed by atoms with Crippen LogP contribution < -0.4 is 4.72 Å². The van der Waals surface area contributed by atoms with Gasteiger partial charge in [-0.05, 0) is 24.7 Å². The molecule has 0 aliphatic heterocycles. The molecule has 0 saturated heterocycles. The van der Waals surface area contributed by atoms with Crippen LogP contribution in [0.2, 0.25) is 0 Å². The fraction of sp³-hybridized carbons (Fsp3) is 1.00. The van der Waals surface area contributed by atoms with Crippen molar-refractivity contribution < 1.29 is 8.42 Å². The minimum absolute atomic E-state index is 0.400. The monoisotopic (exact) mass is 291 g/mol. The van der Waals surface area contributed by atoms with Gasteiger partial charge in [-0.3, -0.25) is 0 Å². The second kappa shape index (κ2) is 9.76. The van der Waals surface area contributed by atoms with Crippen molar-refractivity contribution in [1.82, 2.24) is 4.72 Å². The first kappa shape index (κ1) is 18.9. The van der Waals surface area contributed by atoms with Crippen LogP contribution in [0.5, 0.6) is 0 Å². The Bertz CT molecular complexity index is 310. The summed E-state index contributed by atoms with van der Waals surface area (Å²) in [6, 6.07) is 0. The zero-order chi connectivity index (χ0) is 14.8. The largest absolute Gasteiger partial charge is 0.215 e. The Kier molecular flexibility index (Phi) is 9.71. The summed E-state index contributed by atoms with van der Waals surface area (Å²) in [5, 5.41) is 0. The van der Waals surface area contributed by atoms with Crippen molar-refractivity contribution in [1.29, 1.82) is 0 Å². The Balaban J connectivity index is 3.56. The van der Waals surface area contributed by atoms with Crippen molar-refractivity contribution in [2.45, 2.75) is 78.6 Å². The summed E-state index contributed by atoms with van der Waals surface area (Å²) < 4.78 is 24.4. The van der Waals surface area contributed by atoms with Gasteiger partial charge in [0.25, 0.3) is 0 Å². The summed E-state index contributed by atoms with van der Waals surface area (Å²) >= 11 is 0. The second-order valence-corrected chi connectivity index (χ2v) is 8.29. The summed E-state index contributed by atoms with van der Waals surface area (Å²) in [5.74, 6) is 0. The molecule has 0 aliphatic rings. The lowest BCUT2D eigenvalue weighted by atomic mass is 9.82. The van der Waals surface area contributed by atoms with Crippen LogP contribution in [-0.4, -0.2) is 21.2 Å². The van der Waals surface area contributed by atoms with E-state index < -0.39 is 10.0 Å².